The lowest BCUT2D eigenvalue weighted by atomic mass is 9.90. The standard InChI is InChI=1S/C24H42O/c1-4-7-10-11-12-13-15-18-23-22(17-14-8-5-2)21(16-9-6-3)19-20-24(23)25/h19-20,25H,4-18H2,1-3H3. The summed E-state index contributed by atoms with van der Waals surface area (Å²) in [6.45, 7) is 6.80. The fraction of sp³-hybridized carbons (Fsp3) is 0.750. The summed E-state index contributed by atoms with van der Waals surface area (Å²) < 4.78 is 0. The zero-order valence-electron chi connectivity index (χ0n) is 17.2. The van der Waals surface area contributed by atoms with Crippen molar-refractivity contribution >= 4 is 0 Å². The molecule has 1 N–H and O–H groups in total. The van der Waals surface area contributed by atoms with Gasteiger partial charge in [-0.25, -0.2) is 0 Å². The molecule has 0 saturated carbocycles. The van der Waals surface area contributed by atoms with Gasteiger partial charge in [0.05, 0.1) is 0 Å². The highest BCUT2D eigenvalue weighted by molar-refractivity contribution is 5.45. The van der Waals surface area contributed by atoms with Crippen molar-refractivity contribution in [1.29, 1.82) is 0 Å². The average Bonchev–Trinajstić information content (AvgIpc) is 2.62. The van der Waals surface area contributed by atoms with Crippen LogP contribution in [-0.2, 0) is 19.3 Å². The second-order valence-electron chi connectivity index (χ2n) is 7.63. The number of benzene rings is 1. The Labute approximate surface area is 157 Å². The van der Waals surface area contributed by atoms with Gasteiger partial charge in [-0.2, -0.15) is 0 Å². The Balaban J connectivity index is 2.66. The second-order valence-corrected chi connectivity index (χ2v) is 7.63. The first-order valence-corrected chi connectivity index (χ1v) is 11.1. The van der Waals surface area contributed by atoms with Crippen LogP contribution in [0.2, 0.25) is 0 Å². The van der Waals surface area contributed by atoms with Crippen molar-refractivity contribution in [1.82, 2.24) is 0 Å². The van der Waals surface area contributed by atoms with Gasteiger partial charge in [-0.3, -0.25) is 0 Å². The maximum Gasteiger partial charge on any atom is 0.119 e. The van der Waals surface area contributed by atoms with Crippen molar-refractivity contribution in [2.45, 2.75) is 117 Å². The van der Waals surface area contributed by atoms with E-state index in [1.165, 1.54) is 100 Å². The molecule has 1 nitrogen and oxygen atoms in total. The van der Waals surface area contributed by atoms with Gasteiger partial charge in [0.2, 0.25) is 0 Å². The van der Waals surface area contributed by atoms with Crippen LogP contribution in [0.5, 0.6) is 5.75 Å². The fourth-order valence-corrected chi connectivity index (χ4v) is 3.73. The van der Waals surface area contributed by atoms with Gasteiger partial charge in [0.25, 0.3) is 0 Å². The zero-order chi connectivity index (χ0) is 18.3. The van der Waals surface area contributed by atoms with E-state index in [1.807, 2.05) is 6.07 Å². The van der Waals surface area contributed by atoms with E-state index >= 15 is 0 Å². The van der Waals surface area contributed by atoms with Gasteiger partial charge in [0, 0.05) is 0 Å². The van der Waals surface area contributed by atoms with Gasteiger partial charge < -0.3 is 5.11 Å². The Morgan fingerprint density at radius 2 is 1.08 bits per heavy atom. The summed E-state index contributed by atoms with van der Waals surface area (Å²) >= 11 is 0. The molecule has 144 valence electrons. The van der Waals surface area contributed by atoms with Crippen LogP contribution in [0.15, 0.2) is 12.1 Å². The number of aryl methyl sites for hydroxylation is 1. The van der Waals surface area contributed by atoms with E-state index in [1.54, 1.807) is 0 Å². The number of phenols is 1. The van der Waals surface area contributed by atoms with Crippen molar-refractivity contribution < 1.29 is 5.11 Å². The third kappa shape index (κ3) is 8.79. The first-order valence-electron chi connectivity index (χ1n) is 11.1. The Morgan fingerprint density at radius 3 is 1.76 bits per heavy atom. The van der Waals surface area contributed by atoms with Crippen LogP contribution in [0.25, 0.3) is 0 Å². The molecule has 0 aliphatic carbocycles. The van der Waals surface area contributed by atoms with Gasteiger partial charge in [-0.05, 0) is 61.3 Å². The van der Waals surface area contributed by atoms with E-state index in [0.29, 0.717) is 5.75 Å². The molecule has 0 atom stereocenters. The third-order valence-electron chi connectivity index (χ3n) is 5.36. The van der Waals surface area contributed by atoms with Gasteiger partial charge in [0.1, 0.15) is 5.75 Å². The van der Waals surface area contributed by atoms with E-state index in [9.17, 15) is 5.11 Å². The summed E-state index contributed by atoms with van der Waals surface area (Å²) in [5.41, 5.74) is 4.24. The molecule has 0 fully saturated rings. The molecule has 1 aromatic rings. The molecule has 25 heavy (non-hydrogen) atoms. The van der Waals surface area contributed by atoms with E-state index in [0.717, 1.165) is 12.8 Å². The molecule has 0 radical (unpaired) electrons. The molecular formula is C24H42O. The molecular weight excluding hydrogens is 304 g/mol. The quantitative estimate of drug-likeness (QED) is 0.322. The molecule has 1 heteroatoms. The first-order chi connectivity index (χ1) is 12.2. The third-order valence-corrected chi connectivity index (χ3v) is 5.36. The first kappa shape index (κ1) is 22.1. The molecule has 0 unspecified atom stereocenters. The minimum absolute atomic E-state index is 0.540. The fourth-order valence-electron chi connectivity index (χ4n) is 3.73. The van der Waals surface area contributed by atoms with Crippen molar-refractivity contribution in [3.8, 4) is 5.75 Å². The Morgan fingerprint density at radius 1 is 0.560 bits per heavy atom. The molecule has 0 spiro atoms. The van der Waals surface area contributed by atoms with Crippen molar-refractivity contribution in [2.24, 2.45) is 0 Å². The zero-order valence-corrected chi connectivity index (χ0v) is 17.2. The van der Waals surface area contributed by atoms with E-state index in [2.05, 4.69) is 26.8 Å². The SMILES string of the molecule is CCCCCCCCCc1c(O)ccc(CCCC)c1CCCCC. The van der Waals surface area contributed by atoms with E-state index in [4.69, 9.17) is 0 Å². The van der Waals surface area contributed by atoms with Gasteiger partial charge in [-0.15, -0.1) is 0 Å². The Hall–Kier alpha value is -0.980. The molecule has 0 amide bonds. The topological polar surface area (TPSA) is 20.2 Å². The summed E-state index contributed by atoms with van der Waals surface area (Å²) in [4.78, 5) is 0. The van der Waals surface area contributed by atoms with Crippen LogP contribution < -0.4 is 0 Å². The Kier molecular flexibility index (Phi) is 12.5. The van der Waals surface area contributed by atoms with E-state index in [-0.39, 0.29) is 0 Å². The lowest BCUT2D eigenvalue weighted by Gasteiger charge is -2.17. The van der Waals surface area contributed by atoms with Crippen LogP contribution in [-0.4, -0.2) is 5.11 Å². The molecule has 0 saturated heterocycles. The lowest BCUT2D eigenvalue weighted by molar-refractivity contribution is 0.463. The van der Waals surface area contributed by atoms with Crippen LogP contribution >= 0.6 is 0 Å². The summed E-state index contributed by atoms with van der Waals surface area (Å²) in [6, 6.07) is 4.13. The normalized spacial score (nSPS) is 11.2. The smallest absolute Gasteiger partial charge is 0.119 e. The van der Waals surface area contributed by atoms with Gasteiger partial charge >= 0.3 is 0 Å². The number of hydrogen-bond acceptors (Lipinski definition) is 1. The van der Waals surface area contributed by atoms with Crippen molar-refractivity contribution in [2.75, 3.05) is 0 Å². The Bertz CT molecular complexity index is 450. The van der Waals surface area contributed by atoms with Gasteiger partial charge in [0.15, 0.2) is 0 Å². The maximum absolute atomic E-state index is 10.5. The number of rotatable bonds is 15. The second kappa shape index (κ2) is 14.2. The minimum Gasteiger partial charge on any atom is -0.508 e. The minimum atomic E-state index is 0.540. The van der Waals surface area contributed by atoms with Crippen molar-refractivity contribution in [3.05, 3.63) is 28.8 Å². The van der Waals surface area contributed by atoms with Crippen molar-refractivity contribution in [3.63, 3.8) is 0 Å². The molecule has 0 aliphatic rings. The molecule has 0 bridgehead atoms. The maximum atomic E-state index is 10.5. The molecule has 0 aliphatic heterocycles. The highest BCUT2D eigenvalue weighted by Gasteiger charge is 2.12. The number of unbranched alkanes of at least 4 members (excludes halogenated alkanes) is 9. The number of phenolic OH excluding ortho intramolecular Hbond substituents is 1. The number of hydrogen-bond donors (Lipinski definition) is 1. The number of aromatic hydroxyl groups is 1. The monoisotopic (exact) mass is 346 g/mol. The average molecular weight is 347 g/mol. The lowest BCUT2D eigenvalue weighted by Crippen LogP contribution is -2.02. The van der Waals surface area contributed by atoms with Crippen LogP contribution in [0.4, 0.5) is 0 Å². The van der Waals surface area contributed by atoms with Crippen LogP contribution in [0, 0.1) is 0 Å². The van der Waals surface area contributed by atoms with Gasteiger partial charge in [-0.1, -0.05) is 84.6 Å². The molecule has 0 aromatic heterocycles. The summed E-state index contributed by atoms with van der Waals surface area (Å²) in [5, 5.41) is 10.5. The predicted molar refractivity (Wildman–Crippen MR) is 112 cm³/mol. The highest BCUT2D eigenvalue weighted by atomic mass is 16.3. The molecule has 1 rings (SSSR count). The largest absolute Gasteiger partial charge is 0.508 e. The van der Waals surface area contributed by atoms with E-state index < -0.39 is 0 Å². The van der Waals surface area contributed by atoms with Crippen LogP contribution in [0.3, 0.4) is 0 Å². The molecule has 0 heterocycles. The molecule has 1 aromatic carbocycles. The summed E-state index contributed by atoms with van der Waals surface area (Å²) in [6.07, 6.45) is 19.0. The summed E-state index contributed by atoms with van der Waals surface area (Å²) in [7, 11) is 0. The summed E-state index contributed by atoms with van der Waals surface area (Å²) in [5.74, 6) is 0.540. The van der Waals surface area contributed by atoms with Crippen LogP contribution in [0.1, 0.15) is 115 Å². The predicted octanol–water partition coefficient (Wildman–Crippen LogP) is 7.76. The highest BCUT2D eigenvalue weighted by Crippen LogP contribution is 2.29.